The first-order valence-electron chi connectivity index (χ1n) is 6.92. The molecule has 2 aromatic carbocycles. The number of nitrogens with one attached hydrogen (secondary N) is 2. The molecule has 0 aliphatic rings. The maximum atomic E-state index is 3.32. The predicted octanol–water partition coefficient (Wildman–Crippen LogP) is 5.56. The average molecular weight is 388 g/mol. The number of benzene rings is 2. The molecule has 0 saturated heterocycles. The molecule has 0 unspecified atom stereocenters. The van der Waals surface area contributed by atoms with Gasteiger partial charge in [0.05, 0.1) is 0 Å². The summed E-state index contributed by atoms with van der Waals surface area (Å²) in [7, 11) is 0. The van der Waals surface area contributed by atoms with Gasteiger partial charge >= 0.3 is 0 Å². The van der Waals surface area contributed by atoms with Crippen LogP contribution in [0.2, 0.25) is 0 Å². The van der Waals surface area contributed by atoms with E-state index in [1.54, 1.807) is 0 Å². The maximum Gasteiger partial charge on any atom is 0.0467 e. The summed E-state index contributed by atoms with van der Waals surface area (Å²) in [6.45, 7) is 4.17. The molecule has 3 heteroatoms. The predicted molar refractivity (Wildman–Crippen MR) is 98.8 cm³/mol. The van der Waals surface area contributed by atoms with Gasteiger partial charge in [0, 0.05) is 31.4 Å². The Balaban J connectivity index is 0.000000126. The van der Waals surface area contributed by atoms with Crippen molar-refractivity contribution in [2.24, 2.45) is 0 Å². The van der Waals surface area contributed by atoms with Crippen molar-refractivity contribution in [2.45, 2.75) is 13.8 Å². The summed E-state index contributed by atoms with van der Waals surface area (Å²) < 4.78 is 1.33. The first-order valence-corrected chi connectivity index (χ1v) is 8.00. The van der Waals surface area contributed by atoms with Gasteiger partial charge in [-0.05, 0) is 60.0 Å². The van der Waals surface area contributed by atoms with Crippen molar-refractivity contribution in [3.63, 3.8) is 0 Å². The van der Waals surface area contributed by atoms with Gasteiger partial charge in [-0.2, -0.15) is 0 Å². The molecule has 106 valence electrons. The fourth-order valence-electron chi connectivity index (χ4n) is 2.46. The molecule has 2 aromatic heterocycles. The second-order valence-electron chi connectivity index (χ2n) is 5.15. The lowest BCUT2D eigenvalue weighted by Crippen LogP contribution is -1.69. The van der Waals surface area contributed by atoms with Gasteiger partial charge in [-0.25, -0.2) is 0 Å². The number of aryl methyl sites for hydroxylation is 2. The van der Waals surface area contributed by atoms with Crippen molar-refractivity contribution < 1.29 is 0 Å². The Bertz CT molecular complexity index is 853. The Labute approximate surface area is 137 Å². The maximum absolute atomic E-state index is 3.32. The smallest absolute Gasteiger partial charge is 0.0467 e. The zero-order valence-corrected chi connectivity index (χ0v) is 14.2. The van der Waals surface area contributed by atoms with Crippen LogP contribution in [0.15, 0.2) is 54.6 Å². The molecule has 0 atom stereocenters. The number of hydrogen-bond donors (Lipinski definition) is 2. The first-order chi connectivity index (χ1) is 10.1. The number of para-hydroxylation sites is 2. The van der Waals surface area contributed by atoms with Crippen molar-refractivity contribution in [1.29, 1.82) is 0 Å². The van der Waals surface area contributed by atoms with E-state index in [1.165, 1.54) is 36.8 Å². The number of H-pyrrole nitrogens is 2. The van der Waals surface area contributed by atoms with Crippen LogP contribution in [0.3, 0.4) is 0 Å². The minimum absolute atomic E-state index is 1.22. The topological polar surface area (TPSA) is 31.6 Å². The van der Waals surface area contributed by atoms with Crippen molar-refractivity contribution in [3.8, 4) is 0 Å². The van der Waals surface area contributed by atoms with Crippen LogP contribution in [-0.4, -0.2) is 9.97 Å². The van der Waals surface area contributed by atoms with Gasteiger partial charge in [0.2, 0.25) is 0 Å². The number of hydrogen-bond acceptors (Lipinski definition) is 0. The molecular formula is C18H17IN2. The third kappa shape index (κ3) is 2.97. The summed E-state index contributed by atoms with van der Waals surface area (Å²) in [6.07, 6.45) is 0. The Morgan fingerprint density at radius 1 is 0.810 bits per heavy atom. The van der Waals surface area contributed by atoms with Gasteiger partial charge in [-0.3, -0.25) is 0 Å². The molecule has 21 heavy (non-hydrogen) atoms. The number of aromatic amines is 2. The SMILES string of the molecule is Cc1[nH]c2ccccc2c1I.Cc1cc2ccccc2[nH]1. The molecule has 2 N–H and O–H groups in total. The molecule has 0 aliphatic heterocycles. The van der Waals surface area contributed by atoms with Crippen LogP contribution >= 0.6 is 22.6 Å². The minimum atomic E-state index is 1.22. The van der Waals surface area contributed by atoms with Crippen LogP contribution in [0.4, 0.5) is 0 Å². The highest BCUT2D eigenvalue weighted by Gasteiger charge is 2.02. The highest BCUT2D eigenvalue weighted by Crippen LogP contribution is 2.22. The zero-order valence-electron chi connectivity index (χ0n) is 12.1. The zero-order chi connectivity index (χ0) is 14.8. The fraction of sp³-hybridized carbons (Fsp3) is 0.111. The number of aromatic nitrogens is 2. The van der Waals surface area contributed by atoms with E-state index >= 15 is 0 Å². The van der Waals surface area contributed by atoms with Crippen molar-refractivity contribution in [3.05, 3.63) is 69.6 Å². The molecule has 0 aliphatic carbocycles. The highest BCUT2D eigenvalue weighted by atomic mass is 127. The summed E-state index contributed by atoms with van der Waals surface area (Å²) in [5.41, 5.74) is 4.93. The average Bonchev–Trinajstić information content (AvgIpc) is 3.00. The third-order valence-electron chi connectivity index (χ3n) is 3.48. The van der Waals surface area contributed by atoms with Crippen LogP contribution < -0.4 is 0 Å². The standard InChI is InChI=1S/C9H8IN.C9H9N/c1-6-9(10)7-4-2-3-5-8(7)11-6;1-7-6-8-4-2-3-5-9(8)10-7/h2-5,11H,1H3;2-6,10H,1H3. The van der Waals surface area contributed by atoms with Crippen LogP contribution in [0.25, 0.3) is 21.8 Å². The summed E-state index contributed by atoms with van der Waals surface area (Å²) in [5, 5.41) is 2.62. The van der Waals surface area contributed by atoms with Gasteiger partial charge in [0.25, 0.3) is 0 Å². The second kappa shape index (κ2) is 5.93. The quantitative estimate of drug-likeness (QED) is 0.370. The number of halogens is 1. The lowest BCUT2D eigenvalue weighted by molar-refractivity contribution is 1.28. The van der Waals surface area contributed by atoms with Crippen LogP contribution in [0, 0.1) is 17.4 Å². The van der Waals surface area contributed by atoms with Gasteiger partial charge < -0.3 is 9.97 Å². The van der Waals surface area contributed by atoms with E-state index in [-0.39, 0.29) is 0 Å². The Morgan fingerprint density at radius 2 is 1.48 bits per heavy atom. The Kier molecular flexibility index (Phi) is 4.01. The molecule has 0 saturated carbocycles. The second-order valence-corrected chi connectivity index (χ2v) is 6.23. The van der Waals surface area contributed by atoms with Crippen LogP contribution in [-0.2, 0) is 0 Å². The van der Waals surface area contributed by atoms with E-state index < -0.39 is 0 Å². The molecule has 0 spiro atoms. The van der Waals surface area contributed by atoms with Crippen LogP contribution in [0.5, 0.6) is 0 Å². The molecule has 0 bridgehead atoms. The molecule has 0 fully saturated rings. The molecular weight excluding hydrogens is 371 g/mol. The molecule has 2 heterocycles. The van der Waals surface area contributed by atoms with E-state index in [0.29, 0.717) is 0 Å². The number of rotatable bonds is 0. The summed E-state index contributed by atoms with van der Waals surface area (Å²) in [5.74, 6) is 0. The van der Waals surface area contributed by atoms with Crippen molar-refractivity contribution in [1.82, 2.24) is 9.97 Å². The highest BCUT2D eigenvalue weighted by molar-refractivity contribution is 14.1. The van der Waals surface area contributed by atoms with Gasteiger partial charge in [0.15, 0.2) is 0 Å². The third-order valence-corrected chi connectivity index (χ3v) is 4.87. The van der Waals surface area contributed by atoms with E-state index in [1.807, 2.05) is 12.1 Å². The molecule has 0 amide bonds. The lowest BCUT2D eigenvalue weighted by atomic mass is 10.2. The molecule has 0 radical (unpaired) electrons. The van der Waals surface area contributed by atoms with E-state index in [4.69, 9.17) is 0 Å². The monoisotopic (exact) mass is 388 g/mol. The molecule has 4 rings (SSSR count). The van der Waals surface area contributed by atoms with Crippen molar-refractivity contribution >= 4 is 44.4 Å². The van der Waals surface area contributed by atoms with E-state index in [0.717, 1.165) is 0 Å². The Morgan fingerprint density at radius 3 is 2.19 bits per heavy atom. The Hall–Kier alpha value is -1.75. The summed E-state index contributed by atoms with van der Waals surface area (Å²) >= 11 is 2.37. The van der Waals surface area contributed by atoms with Gasteiger partial charge in [0.1, 0.15) is 0 Å². The van der Waals surface area contributed by atoms with Crippen molar-refractivity contribution in [2.75, 3.05) is 0 Å². The van der Waals surface area contributed by atoms with Gasteiger partial charge in [-0.1, -0.05) is 36.4 Å². The van der Waals surface area contributed by atoms with Crippen LogP contribution in [0.1, 0.15) is 11.4 Å². The van der Waals surface area contributed by atoms with E-state index in [2.05, 4.69) is 88.9 Å². The van der Waals surface area contributed by atoms with E-state index in [9.17, 15) is 0 Å². The number of fused-ring (bicyclic) bond motifs is 2. The molecule has 4 aromatic rings. The largest absolute Gasteiger partial charge is 0.359 e. The summed E-state index contributed by atoms with van der Waals surface area (Å²) in [4.78, 5) is 6.58. The molecule has 2 nitrogen and oxygen atoms in total. The lowest BCUT2D eigenvalue weighted by Gasteiger charge is -1.86. The van der Waals surface area contributed by atoms with Gasteiger partial charge in [-0.15, -0.1) is 0 Å². The normalized spacial score (nSPS) is 10.6. The fourth-order valence-corrected chi connectivity index (χ4v) is 3.07. The first kappa shape index (κ1) is 14.2. The summed E-state index contributed by atoms with van der Waals surface area (Å²) in [6, 6.07) is 18.8. The minimum Gasteiger partial charge on any atom is -0.359 e.